The largest absolute Gasteiger partial charge is 0.311 e. The lowest BCUT2D eigenvalue weighted by Gasteiger charge is -2.45. The minimum Gasteiger partial charge on any atom is -0.311 e. The van der Waals surface area contributed by atoms with E-state index in [1.165, 1.54) is 71.0 Å². The quantitative estimate of drug-likeness (QED) is 0.828. The monoisotopic (exact) mass is 250 g/mol. The van der Waals surface area contributed by atoms with Gasteiger partial charge in [-0.25, -0.2) is 0 Å². The third kappa shape index (κ3) is 2.91. The summed E-state index contributed by atoms with van der Waals surface area (Å²) in [5, 5.41) is 3.84. The molecule has 0 aromatic carbocycles. The molecule has 0 aromatic heterocycles. The van der Waals surface area contributed by atoms with Crippen LogP contribution < -0.4 is 5.32 Å². The molecule has 2 aliphatic carbocycles. The molecule has 1 aliphatic heterocycles. The van der Waals surface area contributed by atoms with Gasteiger partial charge in [0.1, 0.15) is 0 Å². The molecule has 0 radical (unpaired) electrons. The Labute approximate surface area is 113 Å². The Balaban J connectivity index is 1.53. The van der Waals surface area contributed by atoms with E-state index in [0.717, 1.165) is 23.9 Å². The second kappa shape index (κ2) is 5.92. The fraction of sp³-hybridized carbons (Fsp3) is 1.00. The molecule has 3 fully saturated rings. The van der Waals surface area contributed by atoms with Crippen molar-refractivity contribution in [2.45, 2.75) is 70.4 Å². The van der Waals surface area contributed by atoms with Gasteiger partial charge in [-0.3, -0.25) is 4.90 Å². The van der Waals surface area contributed by atoms with Crippen LogP contribution in [0.3, 0.4) is 0 Å². The van der Waals surface area contributed by atoms with Gasteiger partial charge in [-0.2, -0.15) is 0 Å². The molecule has 1 saturated heterocycles. The van der Waals surface area contributed by atoms with Crippen molar-refractivity contribution in [2.24, 2.45) is 11.8 Å². The third-order valence-electron chi connectivity index (χ3n) is 5.67. The van der Waals surface area contributed by atoms with E-state index in [1.54, 1.807) is 0 Å². The molecule has 0 amide bonds. The predicted octanol–water partition coefficient (Wildman–Crippen LogP) is 3.03. The van der Waals surface area contributed by atoms with Crippen LogP contribution in [0.5, 0.6) is 0 Å². The summed E-state index contributed by atoms with van der Waals surface area (Å²) in [6.07, 6.45) is 11.8. The Bertz CT molecular complexity index is 256. The Morgan fingerprint density at radius 2 is 1.78 bits per heavy atom. The van der Waals surface area contributed by atoms with Gasteiger partial charge < -0.3 is 5.32 Å². The molecular formula is C16H30N2. The molecule has 104 valence electrons. The molecular weight excluding hydrogens is 220 g/mol. The van der Waals surface area contributed by atoms with Crippen molar-refractivity contribution in [3.8, 4) is 0 Å². The minimum atomic E-state index is 0.755. The summed E-state index contributed by atoms with van der Waals surface area (Å²) in [5.41, 5.74) is 0. The van der Waals surface area contributed by atoms with Crippen LogP contribution in [-0.2, 0) is 0 Å². The number of hydrogen-bond acceptors (Lipinski definition) is 2. The van der Waals surface area contributed by atoms with Gasteiger partial charge in [0.05, 0.1) is 0 Å². The lowest BCUT2D eigenvalue weighted by molar-refractivity contribution is 0.0738. The summed E-state index contributed by atoms with van der Waals surface area (Å²) in [6, 6.07) is 1.55. The van der Waals surface area contributed by atoms with E-state index >= 15 is 0 Å². The highest BCUT2D eigenvalue weighted by Crippen LogP contribution is 2.31. The first kappa shape index (κ1) is 12.9. The van der Waals surface area contributed by atoms with E-state index in [-0.39, 0.29) is 0 Å². The summed E-state index contributed by atoms with van der Waals surface area (Å²) in [7, 11) is 0. The fourth-order valence-corrected chi connectivity index (χ4v) is 4.06. The third-order valence-corrected chi connectivity index (χ3v) is 5.67. The number of hydrogen-bond donors (Lipinski definition) is 1. The Morgan fingerprint density at radius 3 is 2.44 bits per heavy atom. The van der Waals surface area contributed by atoms with Crippen LogP contribution in [0.2, 0.25) is 0 Å². The molecule has 3 rings (SSSR count). The lowest BCUT2D eigenvalue weighted by atomic mass is 9.81. The predicted molar refractivity (Wildman–Crippen MR) is 76.7 cm³/mol. The van der Waals surface area contributed by atoms with Crippen LogP contribution in [0.15, 0.2) is 0 Å². The zero-order valence-corrected chi connectivity index (χ0v) is 12.0. The van der Waals surface area contributed by atoms with E-state index in [9.17, 15) is 0 Å². The Kier molecular flexibility index (Phi) is 4.25. The fourth-order valence-electron chi connectivity index (χ4n) is 4.06. The number of nitrogens with zero attached hydrogens (tertiary/aromatic N) is 1. The molecule has 2 atom stereocenters. The zero-order valence-electron chi connectivity index (χ0n) is 12.0. The van der Waals surface area contributed by atoms with Gasteiger partial charge in [0.25, 0.3) is 0 Å². The van der Waals surface area contributed by atoms with Crippen LogP contribution in [-0.4, -0.2) is 36.6 Å². The summed E-state index contributed by atoms with van der Waals surface area (Å²) in [4.78, 5) is 2.79. The number of piperazine rings is 1. The van der Waals surface area contributed by atoms with Crippen molar-refractivity contribution in [3.05, 3.63) is 0 Å². The minimum absolute atomic E-state index is 0.755. The normalized spacial score (nSPS) is 36.5. The maximum atomic E-state index is 3.84. The maximum absolute atomic E-state index is 3.84. The number of nitrogens with one attached hydrogen (secondary N) is 1. The van der Waals surface area contributed by atoms with Gasteiger partial charge in [0.2, 0.25) is 0 Å². The highest BCUT2D eigenvalue weighted by molar-refractivity contribution is 4.90. The molecule has 0 aromatic rings. The molecule has 3 aliphatic rings. The van der Waals surface area contributed by atoms with Crippen molar-refractivity contribution < 1.29 is 0 Å². The smallest absolute Gasteiger partial charge is 0.0224 e. The summed E-state index contributed by atoms with van der Waals surface area (Å²) < 4.78 is 0. The highest BCUT2D eigenvalue weighted by atomic mass is 15.2. The van der Waals surface area contributed by atoms with Crippen molar-refractivity contribution in [3.63, 3.8) is 0 Å². The van der Waals surface area contributed by atoms with Gasteiger partial charge in [-0.05, 0) is 44.4 Å². The van der Waals surface area contributed by atoms with Gasteiger partial charge in [0.15, 0.2) is 0 Å². The molecule has 1 heterocycles. The van der Waals surface area contributed by atoms with Crippen LogP contribution in [0.1, 0.15) is 58.3 Å². The molecule has 2 heteroatoms. The van der Waals surface area contributed by atoms with Crippen LogP contribution in [0.25, 0.3) is 0 Å². The summed E-state index contributed by atoms with van der Waals surface area (Å²) in [6.45, 7) is 6.32. The topological polar surface area (TPSA) is 15.3 Å². The second-order valence-corrected chi connectivity index (χ2v) is 7.01. The second-order valence-electron chi connectivity index (χ2n) is 7.01. The van der Waals surface area contributed by atoms with Crippen LogP contribution in [0, 0.1) is 11.8 Å². The van der Waals surface area contributed by atoms with Crippen molar-refractivity contribution in [1.29, 1.82) is 0 Å². The first-order chi connectivity index (χ1) is 8.83. The van der Waals surface area contributed by atoms with Gasteiger partial charge >= 0.3 is 0 Å². The van der Waals surface area contributed by atoms with Crippen molar-refractivity contribution in [2.75, 3.05) is 19.6 Å². The van der Waals surface area contributed by atoms with E-state index < -0.39 is 0 Å². The van der Waals surface area contributed by atoms with E-state index in [1.807, 2.05) is 0 Å². The SMILES string of the molecule is CC1CNC(C2CCCCC2)CN1CC1CCC1. The highest BCUT2D eigenvalue weighted by Gasteiger charge is 2.32. The van der Waals surface area contributed by atoms with E-state index in [4.69, 9.17) is 0 Å². The van der Waals surface area contributed by atoms with Gasteiger partial charge in [-0.15, -0.1) is 0 Å². The molecule has 1 N–H and O–H groups in total. The average Bonchev–Trinajstić information content (AvgIpc) is 2.37. The Morgan fingerprint density at radius 1 is 1.00 bits per heavy atom. The summed E-state index contributed by atoms with van der Waals surface area (Å²) >= 11 is 0. The number of rotatable bonds is 3. The summed E-state index contributed by atoms with van der Waals surface area (Å²) in [5.74, 6) is 1.99. The first-order valence-electron chi connectivity index (χ1n) is 8.30. The zero-order chi connectivity index (χ0) is 12.4. The molecule has 2 saturated carbocycles. The molecule has 0 spiro atoms. The Hall–Kier alpha value is -0.0800. The van der Waals surface area contributed by atoms with Crippen LogP contribution >= 0.6 is 0 Å². The maximum Gasteiger partial charge on any atom is 0.0224 e. The van der Waals surface area contributed by atoms with Crippen LogP contribution in [0.4, 0.5) is 0 Å². The first-order valence-corrected chi connectivity index (χ1v) is 8.30. The van der Waals surface area contributed by atoms with E-state index in [2.05, 4.69) is 17.1 Å². The molecule has 2 unspecified atom stereocenters. The van der Waals surface area contributed by atoms with E-state index in [0.29, 0.717) is 0 Å². The van der Waals surface area contributed by atoms with Crippen molar-refractivity contribution >= 4 is 0 Å². The lowest BCUT2D eigenvalue weighted by Crippen LogP contribution is -2.59. The standard InChI is InChI=1S/C16H30N2/c1-13-10-17-16(15-8-3-2-4-9-15)12-18(13)11-14-6-5-7-14/h13-17H,2-12H2,1H3. The van der Waals surface area contributed by atoms with Gasteiger partial charge in [-0.1, -0.05) is 25.7 Å². The average molecular weight is 250 g/mol. The van der Waals surface area contributed by atoms with Crippen molar-refractivity contribution in [1.82, 2.24) is 10.2 Å². The molecule has 2 nitrogen and oxygen atoms in total. The molecule has 18 heavy (non-hydrogen) atoms. The molecule has 0 bridgehead atoms. The van der Waals surface area contributed by atoms with Gasteiger partial charge in [0, 0.05) is 31.7 Å².